The Bertz CT molecular complexity index is 365. The van der Waals surface area contributed by atoms with E-state index in [-0.39, 0.29) is 5.41 Å². The molecule has 0 amide bonds. The maximum Gasteiger partial charge on any atom is 0.0555 e. The van der Waals surface area contributed by atoms with Crippen molar-refractivity contribution in [3.63, 3.8) is 0 Å². The molecule has 0 bridgehead atoms. The highest BCUT2D eigenvalue weighted by Crippen LogP contribution is 2.28. The first-order chi connectivity index (χ1) is 7.47. The van der Waals surface area contributed by atoms with Gasteiger partial charge in [0.25, 0.3) is 0 Å². The summed E-state index contributed by atoms with van der Waals surface area (Å²) >= 11 is 0. The summed E-state index contributed by atoms with van der Waals surface area (Å²) in [6.45, 7) is 11.4. The Balaban J connectivity index is 2.23. The summed E-state index contributed by atoms with van der Waals surface area (Å²) < 4.78 is 0. The summed E-state index contributed by atoms with van der Waals surface area (Å²) in [4.78, 5) is 6.83. The van der Waals surface area contributed by atoms with Gasteiger partial charge >= 0.3 is 0 Å². The predicted molar refractivity (Wildman–Crippen MR) is 68.9 cm³/mol. The van der Waals surface area contributed by atoms with Crippen LogP contribution in [-0.2, 0) is 5.41 Å². The fraction of sp³-hybridized carbons (Fsp3) is 0.643. The number of hydrogen-bond acceptors (Lipinski definition) is 2. The average molecular weight is 218 g/mol. The smallest absolute Gasteiger partial charge is 0.0555 e. The molecule has 1 aliphatic rings. The van der Waals surface area contributed by atoms with Gasteiger partial charge in [-0.2, -0.15) is 0 Å². The van der Waals surface area contributed by atoms with Crippen LogP contribution in [0.4, 0.5) is 5.69 Å². The highest BCUT2D eigenvalue weighted by molar-refractivity contribution is 5.48. The van der Waals surface area contributed by atoms with Crippen LogP contribution in [0.2, 0.25) is 0 Å². The molecule has 0 aromatic carbocycles. The first-order valence-corrected chi connectivity index (χ1v) is 6.17. The zero-order valence-electron chi connectivity index (χ0n) is 10.8. The summed E-state index contributed by atoms with van der Waals surface area (Å²) in [6, 6.07) is 2.30. The molecule has 1 unspecified atom stereocenters. The number of hydrogen-bond donors (Lipinski definition) is 0. The van der Waals surface area contributed by atoms with Crippen LogP contribution < -0.4 is 4.90 Å². The molecular weight excluding hydrogens is 196 g/mol. The quantitative estimate of drug-likeness (QED) is 0.719. The molecule has 1 saturated heterocycles. The van der Waals surface area contributed by atoms with Gasteiger partial charge in [-0.1, -0.05) is 27.7 Å². The largest absolute Gasteiger partial charge is 0.370 e. The summed E-state index contributed by atoms with van der Waals surface area (Å²) in [5, 5.41) is 0. The Labute approximate surface area is 98.7 Å². The molecule has 0 N–H and O–H groups in total. The first-order valence-electron chi connectivity index (χ1n) is 6.17. The fourth-order valence-electron chi connectivity index (χ4n) is 2.18. The van der Waals surface area contributed by atoms with Gasteiger partial charge in [0.05, 0.1) is 11.9 Å². The minimum absolute atomic E-state index is 0.189. The molecule has 88 valence electrons. The van der Waals surface area contributed by atoms with Crippen LogP contribution in [0.15, 0.2) is 18.5 Å². The molecule has 1 atom stereocenters. The Hall–Kier alpha value is -1.05. The van der Waals surface area contributed by atoms with Crippen LogP contribution in [0.1, 0.15) is 39.7 Å². The summed E-state index contributed by atoms with van der Waals surface area (Å²) in [5.41, 5.74) is 2.80. The molecule has 2 rings (SSSR count). The van der Waals surface area contributed by atoms with Gasteiger partial charge < -0.3 is 4.90 Å². The molecule has 0 aliphatic carbocycles. The van der Waals surface area contributed by atoms with Crippen molar-refractivity contribution in [2.45, 2.75) is 39.5 Å². The minimum Gasteiger partial charge on any atom is -0.370 e. The lowest BCUT2D eigenvalue weighted by atomic mass is 9.88. The van der Waals surface area contributed by atoms with Crippen molar-refractivity contribution in [2.75, 3.05) is 18.0 Å². The third-order valence-electron chi connectivity index (χ3n) is 3.38. The number of pyridine rings is 1. The van der Waals surface area contributed by atoms with Crippen LogP contribution in [0.3, 0.4) is 0 Å². The van der Waals surface area contributed by atoms with E-state index in [1.54, 1.807) is 0 Å². The van der Waals surface area contributed by atoms with Crippen molar-refractivity contribution < 1.29 is 0 Å². The van der Waals surface area contributed by atoms with Crippen molar-refractivity contribution >= 4 is 5.69 Å². The second-order valence-corrected chi connectivity index (χ2v) is 6.02. The van der Waals surface area contributed by atoms with Crippen molar-refractivity contribution in [3.05, 3.63) is 24.0 Å². The Morgan fingerprint density at radius 3 is 2.62 bits per heavy atom. The molecule has 1 aromatic rings. The van der Waals surface area contributed by atoms with E-state index in [9.17, 15) is 0 Å². The molecular formula is C14H22N2. The highest BCUT2D eigenvalue weighted by atomic mass is 15.2. The Kier molecular flexibility index (Phi) is 2.92. The number of aromatic nitrogens is 1. The highest BCUT2D eigenvalue weighted by Gasteiger charge is 2.21. The molecule has 0 saturated carbocycles. The number of rotatable bonds is 1. The Morgan fingerprint density at radius 1 is 1.31 bits per heavy atom. The van der Waals surface area contributed by atoms with Crippen LogP contribution >= 0.6 is 0 Å². The first kappa shape index (κ1) is 11.4. The van der Waals surface area contributed by atoms with Gasteiger partial charge in [0.2, 0.25) is 0 Å². The van der Waals surface area contributed by atoms with Crippen LogP contribution in [0, 0.1) is 5.92 Å². The van der Waals surface area contributed by atoms with E-state index in [1.165, 1.54) is 30.8 Å². The number of anilines is 1. The van der Waals surface area contributed by atoms with Gasteiger partial charge in [-0.05, 0) is 29.4 Å². The third kappa shape index (κ3) is 2.37. The molecule has 0 radical (unpaired) electrons. The van der Waals surface area contributed by atoms with E-state index in [2.05, 4.69) is 43.6 Å². The van der Waals surface area contributed by atoms with E-state index in [0.717, 1.165) is 5.92 Å². The molecule has 0 spiro atoms. The molecule has 2 heteroatoms. The maximum atomic E-state index is 4.38. The molecule has 16 heavy (non-hydrogen) atoms. The van der Waals surface area contributed by atoms with Crippen LogP contribution in [0.25, 0.3) is 0 Å². The summed E-state index contributed by atoms with van der Waals surface area (Å²) in [6.07, 6.45) is 5.29. The molecule has 2 nitrogen and oxygen atoms in total. The Morgan fingerprint density at radius 2 is 2.06 bits per heavy atom. The van der Waals surface area contributed by atoms with Gasteiger partial charge in [0, 0.05) is 19.3 Å². The van der Waals surface area contributed by atoms with E-state index >= 15 is 0 Å². The second-order valence-electron chi connectivity index (χ2n) is 6.02. The number of nitrogens with zero attached hydrogens (tertiary/aromatic N) is 2. The average Bonchev–Trinajstić information content (AvgIpc) is 2.64. The topological polar surface area (TPSA) is 16.1 Å². The molecule has 1 aliphatic heterocycles. The minimum atomic E-state index is 0.189. The molecule has 1 fully saturated rings. The van der Waals surface area contributed by atoms with Gasteiger partial charge in [-0.15, -0.1) is 0 Å². The van der Waals surface area contributed by atoms with E-state index in [1.807, 2.05) is 12.4 Å². The normalized spacial score (nSPS) is 21.5. The fourth-order valence-corrected chi connectivity index (χ4v) is 2.18. The van der Waals surface area contributed by atoms with Crippen molar-refractivity contribution in [1.29, 1.82) is 0 Å². The zero-order valence-corrected chi connectivity index (χ0v) is 10.8. The van der Waals surface area contributed by atoms with E-state index in [4.69, 9.17) is 0 Å². The standard InChI is InChI=1S/C14H22N2/c1-11-5-6-16(10-11)13-7-12(8-15-9-13)14(2,3)4/h7-9,11H,5-6,10H2,1-4H3. The lowest BCUT2D eigenvalue weighted by Gasteiger charge is -2.23. The third-order valence-corrected chi connectivity index (χ3v) is 3.38. The second kappa shape index (κ2) is 4.08. The zero-order chi connectivity index (χ0) is 11.8. The molecule has 2 heterocycles. The monoisotopic (exact) mass is 218 g/mol. The summed E-state index contributed by atoms with van der Waals surface area (Å²) in [5.74, 6) is 0.818. The lowest BCUT2D eigenvalue weighted by Crippen LogP contribution is -2.20. The predicted octanol–water partition coefficient (Wildman–Crippen LogP) is 3.23. The lowest BCUT2D eigenvalue weighted by molar-refractivity contribution is 0.587. The van der Waals surface area contributed by atoms with Gasteiger partial charge in [-0.3, -0.25) is 4.98 Å². The van der Waals surface area contributed by atoms with Gasteiger partial charge in [-0.25, -0.2) is 0 Å². The van der Waals surface area contributed by atoms with Crippen molar-refractivity contribution in [2.24, 2.45) is 5.92 Å². The van der Waals surface area contributed by atoms with Crippen LogP contribution in [-0.4, -0.2) is 18.1 Å². The molecule has 1 aromatic heterocycles. The van der Waals surface area contributed by atoms with E-state index in [0.29, 0.717) is 0 Å². The van der Waals surface area contributed by atoms with Crippen LogP contribution in [0.5, 0.6) is 0 Å². The summed E-state index contributed by atoms with van der Waals surface area (Å²) in [7, 11) is 0. The van der Waals surface area contributed by atoms with Gasteiger partial charge in [0.15, 0.2) is 0 Å². The van der Waals surface area contributed by atoms with Crippen molar-refractivity contribution in [3.8, 4) is 0 Å². The van der Waals surface area contributed by atoms with E-state index < -0.39 is 0 Å². The maximum absolute atomic E-state index is 4.38. The van der Waals surface area contributed by atoms with Crippen molar-refractivity contribution in [1.82, 2.24) is 4.98 Å². The van der Waals surface area contributed by atoms with Gasteiger partial charge in [0.1, 0.15) is 0 Å². The SMILES string of the molecule is CC1CCN(c2cncc(C(C)(C)C)c2)C1.